The van der Waals surface area contributed by atoms with Crippen LogP contribution in [0.25, 0.3) is 22.4 Å². The molecule has 0 aliphatic carbocycles. The number of hydrogen-bond donors (Lipinski definition) is 1. The fourth-order valence-corrected chi connectivity index (χ4v) is 5.12. The van der Waals surface area contributed by atoms with Gasteiger partial charge in [0, 0.05) is 33.2 Å². The highest BCUT2D eigenvalue weighted by Crippen LogP contribution is 2.45. The van der Waals surface area contributed by atoms with E-state index in [1.165, 1.54) is 12.1 Å². The fraction of sp³-hybridized carbons (Fsp3) is 0.172. The van der Waals surface area contributed by atoms with E-state index in [0.29, 0.717) is 44.2 Å². The summed E-state index contributed by atoms with van der Waals surface area (Å²) >= 11 is 18.9. The van der Waals surface area contributed by atoms with Gasteiger partial charge in [-0.3, -0.25) is 4.79 Å². The van der Waals surface area contributed by atoms with Crippen molar-refractivity contribution in [2.45, 2.75) is 31.9 Å². The van der Waals surface area contributed by atoms with E-state index >= 15 is 0 Å². The molecular formula is C29H22Cl3FN2O2. The van der Waals surface area contributed by atoms with Crippen molar-refractivity contribution in [3.8, 4) is 28.3 Å². The van der Waals surface area contributed by atoms with E-state index in [4.69, 9.17) is 44.5 Å². The van der Waals surface area contributed by atoms with E-state index in [9.17, 15) is 9.18 Å². The standard InChI is InChI=1S/C29H22Cl3FN2O2/c1-29(2)15-25(34-27(36)20-5-3-4-6-24(20)33)22-14-21(16-7-9-17(30)10-8-16)26(35-28(22)37-29)19-12-11-18(31)13-23(19)32/h3-14,25H,15H2,1-2H3,(H,34,36)/t25-/m1/s1. The van der Waals surface area contributed by atoms with Crippen LogP contribution in [0.3, 0.4) is 0 Å². The molecule has 0 bridgehead atoms. The number of nitrogens with zero attached hydrogens (tertiary/aromatic N) is 1. The molecule has 0 fully saturated rings. The third-order valence-corrected chi connectivity index (χ3v) is 7.02. The van der Waals surface area contributed by atoms with Crippen LogP contribution in [0.15, 0.2) is 72.8 Å². The van der Waals surface area contributed by atoms with Gasteiger partial charge in [0.25, 0.3) is 5.91 Å². The molecule has 0 saturated heterocycles. The Morgan fingerprint density at radius 3 is 2.38 bits per heavy atom. The average molecular weight is 556 g/mol. The maximum Gasteiger partial charge on any atom is 0.254 e. The summed E-state index contributed by atoms with van der Waals surface area (Å²) in [6, 6.07) is 19.9. The maximum atomic E-state index is 14.3. The van der Waals surface area contributed by atoms with E-state index in [1.807, 2.05) is 38.1 Å². The van der Waals surface area contributed by atoms with Crippen LogP contribution in [0, 0.1) is 5.82 Å². The van der Waals surface area contributed by atoms with Crippen molar-refractivity contribution in [1.82, 2.24) is 10.3 Å². The predicted molar refractivity (Wildman–Crippen MR) is 146 cm³/mol. The number of rotatable bonds is 4. The Kier molecular flexibility index (Phi) is 6.88. The summed E-state index contributed by atoms with van der Waals surface area (Å²) in [7, 11) is 0. The molecule has 5 rings (SSSR count). The molecule has 1 N–H and O–H groups in total. The lowest BCUT2D eigenvalue weighted by Gasteiger charge is -2.37. The third kappa shape index (κ3) is 5.30. The molecule has 1 amide bonds. The van der Waals surface area contributed by atoms with Gasteiger partial charge in [-0.05, 0) is 67.9 Å². The zero-order chi connectivity index (χ0) is 26.3. The minimum absolute atomic E-state index is 0.0243. The second-order valence-corrected chi connectivity index (χ2v) is 10.8. The smallest absolute Gasteiger partial charge is 0.254 e. The molecule has 1 atom stereocenters. The third-order valence-electron chi connectivity index (χ3n) is 6.22. The first-order chi connectivity index (χ1) is 17.6. The summed E-state index contributed by atoms with van der Waals surface area (Å²) in [4.78, 5) is 18.0. The molecule has 0 saturated carbocycles. The lowest BCUT2D eigenvalue weighted by atomic mass is 9.88. The average Bonchev–Trinajstić information content (AvgIpc) is 2.83. The van der Waals surface area contributed by atoms with E-state index < -0.39 is 23.4 Å². The quantitative estimate of drug-likeness (QED) is 0.274. The molecule has 2 heterocycles. The van der Waals surface area contributed by atoms with Gasteiger partial charge >= 0.3 is 0 Å². The van der Waals surface area contributed by atoms with Gasteiger partial charge in [0.1, 0.15) is 11.4 Å². The fourth-order valence-electron chi connectivity index (χ4n) is 4.49. The summed E-state index contributed by atoms with van der Waals surface area (Å²) in [6.45, 7) is 3.84. The van der Waals surface area contributed by atoms with Crippen molar-refractivity contribution in [3.05, 3.63) is 105 Å². The van der Waals surface area contributed by atoms with Crippen LogP contribution in [0.2, 0.25) is 15.1 Å². The van der Waals surface area contributed by atoms with Gasteiger partial charge in [-0.1, -0.05) is 59.1 Å². The van der Waals surface area contributed by atoms with Crippen LogP contribution >= 0.6 is 34.8 Å². The van der Waals surface area contributed by atoms with Crippen LogP contribution in [0.5, 0.6) is 5.88 Å². The molecule has 1 aliphatic rings. The highest BCUT2D eigenvalue weighted by Gasteiger charge is 2.37. The first kappa shape index (κ1) is 25.5. The molecule has 1 aliphatic heterocycles. The van der Waals surface area contributed by atoms with Gasteiger partial charge in [-0.15, -0.1) is 0 Å². The lowest BCUT2D eigenvalue weighted by Crippen LogP contribution is -2.42. The van der Waals surface area contributed by atoms with Crippen molar-refractivity contribution < 1.29 is 13.9 Å². The number of amides is 1. The Morgan fingerprint density at radius 2 is 1.68 bits per heavy atom. The first-order valence-electron chi connectivity index (χ1n) is 11.6. The molecule has 4 aromatic rings. The molecule has 0 spiro atoms. The minimum Gasteiger partial charge on any atom is -0.471 e. The van der Waals surface area contributed by atoms with Gasteiger partial charge in [0.2, 0.25) is 5.88 Å². The number of nitrogens with one attached hydrogen (secondary N) is 1. The second-order valence-electron chi connectivity index (χ2n) is 9.48. The van der Waals surface area contributed by atoms with Crippen molar-refractivity contribution in [1.29, 1.82) is 0 Å². The number of hydrogen-bond acceptors (Lipinski definition) is 3. The number of ether oxygens (including phenoxy) is 1. The zero-order valence-electron chi connectivity index (χ0n) is 20.0. The molecule has 37 heavy (non-hydrogen) atoms. The number of pyridine rings is 1. The van der Waals surface area contributed by atoms with Crippen LogP contribution in [-0.2, 0) is 0 Å². The van der Waals surface area contributed by atoms with Gasteiger partial charge in [-0.25, -0.2) is 9.37 Å². The summed E-state index contributed by atoms with van der Waals surface area (Å²) in [6.07, 6.45) is 0.461. The lowest BCUT2D eigenvalue weighted by molar-refractivity contribution is 0.0572. The predicted octanol–water partition coefficient (Wildman–Crippen LogP) is 8.55. The molecule has 188 valence electrons. The minimum atomic E-state index is -0.643. The summed E-state index contributed by atoms with van der Waals surface area (Å²) < 4.78 is 20.6. The Bertz CT molecular complexity index is 1510. The van der Waals surface area contributed by atoms with Crippen LogP contribution < -0.4 is 10.1 Å². The highest BCUT2D eigenvalue weighted by atomic mass is 35.5. The number of carbonyl (C=O) groups excluding carboxylic acids is 1. The van der Waals surface area contributed by atoms with Crippen LogP contribution in [0.4, 0.5) is 4.39 Å². The molecule has 1 aromatic heterocycles. The summed E-state index contributed by atoms with van der Waals surface area (Å²) in [5, 5.41) is 4.54. The molecule has 0 unspecified atom stereocenters. The van der Waals surface area contributed by atoms with E-state index in [-0.39, 0.29) is 5.56 Å². The Hall–Kier alpha value is -3.12. The molecule has 0 radical (unpaired) electrons. The Morgan fingerprint density at radius 1 is 0.973 bits per heavy atom. The number of fused-ring (bicyclic) bond motifs is 1. The molecule has 8 heteroatoms. The van der Waals surface area contributed by atoms with E-state index in [1.54, 1.807) is 36.4 Å². The second kappa shape index (κ2) is 9.97. The topological polar surface area (TPSA) is 51.2 Å². The summed E-state index contributed by atoms with van der Waals surface area (Å²) in [5.74, 6) is -0.724. The van der Waals surface area contributed by atoms with Crippen LogP contribution in [-0.4, -0.2) is 16.5 Å². The SMILES string of the molecule is CC1(C)C[C@@H](NC(=O)c2ccccc2F)c2cc(-c3ccc(Cl)cc3)c(-c3ccc(Cl)cc3Cl)nc2O1. The Balaban J connectivity index is 1.67. The van der Waals surface area contributed by atoms with Crippen molar-refractivity contribution in [3.63, 3.8) is 0 Å². The zero-order valence-corrected chi connectivity index (χ0v) is 22.3. The number of carbonyl (C=O) groups is 1. The van der Waals surface area contributed by atoms with Gasteiger partial charge in [-0.2, -0.15) is 0 Å². The summed E-state index contributed by atoms with van der Waals surface area (Å²) in [5.41, 5.74) is 2.91. The number of halogens is 4. The maximum absolute atomic E-state index is 14.3. The van der Waals surface area contributed by atoms with Gasteiger partial charge < -0.3 is 10.1 Å². The molecule has 3 aromatic carbocycles. The van der Waals surface area contributed by atoms with Crippen LogP contribution in [0.1, 0.15) is 42.2 Å². The number of benzene rings is 3. The highest BCUT2D eigenvalue weighted by molar-refractivity contribution is 6.36. The monoisotopic (exact) mass is 554 g/mol. The van der Waals surface area contributed by atoms with Crippen molar-refractivity contribution in [2.24, 2.45) is 0 Å². The van der Waals surface area contributed by atoms with Gasteiger partial charge in [0.15, 0.2) is 0 Å². The largest absolute Gasteiger partial charge is 0.471 e. The Labute approximate surface area is 229 Å². The van der Waals surface area contributed by atoms with Crippen molar-refractivity contribution in [2.75, 3.05) is 0 Å². The normalized spacial score (nSPS) is 16.0. The van der Waals surface area contributed by atoms with E-state index in [2.05, 4.69) is 5.32 Å². The number of aromatic nitrogens is 1. The molecule has 4 nitrogen and oxygen atoms in total. The van der Waals surface area contributed by atoms with E-state index in [0.717, 1.165) is 11.1 Å². The molecular weight excluding hydrogens is 534 g/mol. The van der Waals surface area contributed by atoms with Gasteiger partial charge in [0.05, 0.1) is 22.3 Å². The first-order valence-corrected chi connectivity index (χ1v) is 12.8. The van der Waals surface area contributed by atoms with Crippen molar-refractivity contribution >= 4 is 40.7 Å².